The maximum Gasteiger partial charge on any atom is 0.269 e. The lowest BCUT2D eigenvalue weighted by molar-refractivity contribution is -0.384. The second kappa shape index (κ2) is 6.34. The molecule has 0 bridgehead atoms. The minimum atomic E-state index is -1.83. The summed E-state index contributed by atoms with van der Waals surface area (Å²) in [6.45, 7) is 3.61. The average molecular weight is 422 g/mol. The van der Waals surface area contributed by atoms with Crippen LogP contribution >= 0.6 is 0 Å². The van der Waals surface area contributed by atoms with E-state index in [4.69, 9.17) is 4.74 Å². The highest BCUT2D eigenvalue weighted by atomic mass is 16.6. The SMILES string of the molecule is CCN1C(=O)C2(C3=C(CCCC3=O)Oc3nc(C)[nH]c(=O)c32)c2cc([N+](=O)[O-])ccc21. The maximum atomic E-state index is 14.0. The van der Waals surface area contributed by atoms with Crippen LogP contribution in [-0.4, -0.2) is 33.1 Å². The molecule has 5 rings (SSSR count). The summed E-state index contributed by atoms with van der Waals surface area (Å²) < 4.78 is 5.89. The summed E-state index contributed by atoms with van der Waals surface area (Å²) in [5, 5.41) is 11.5. The number of rotatable bonds is 2. The van der Waals surface area contributed by atoms with Gasteiger partial charge < -0.3 is 14.6 Å². The first-order valence-corrected chi connectivity index (χ1v) is 9.97. The molecule has 10 nitrogen and oxygen atoms in total. The number of amides is 1. The molecule has 3 heterocycles. The molecule has 1 aromatic carbocycles. The zero-order chi connectivity index (χ0) is 22.1. The summed E-state index contributed by atoms with van der Waals surface area (Å²) in [6.07, 6.45) is 1.14. The van der Waals surface area contributed by atoms with Crippen molar-refractivity contribution in [3.8, 4) is 5.88 Å². The Bertz CT molecular complexity index is 1290. The van der Waals surface area contributed by atoms with Gasteiger partial charge in [0, 0.05) is 42.8 Å². The summed E-state index contributed by atoms with van der Waals surface area (Å²) >= 11 is 0. The van der Waals surface area contributed by atoms with E-state index in [1.807, 2.05) is 0 Å². The van der Waals surface area contributed by atoms with Crippen LogP contribution in [-0.2, 0) is 15.0 Å². The molecule has 3 aliphatic rings. The number of H-pyrrole nitrogens is 1. The Balaban J connectivity index is 1.98. The molecular weight excluding hydrogens is 404 g/mol. The van der Waals surface area contributed by atoms with Gasteiger partial charge in [-0.1, -0.05) is 0 Å². The number of fused-ring (bicyclic) bond motifs is 5. The lowest BCUT2D eigenvalue weighted by Gasteiger charge is -2.37. The zero-order valence-corrected chi connectivity index (χ0v) is 16.9. The largest absolute Gasteiger partial charge is 0.442 e. The van der Waals surface area contributed by atoms with Crippen molar-refractivity contribution in [2.75, 3.05) is 11.4 Å². The first kappa shape index (κ1) is 19.2. The van der Waals surface area contributed by atoms with E-state index in [9.17, 15) is 24.5 Å². The van der Waals surface area contributed by atoms with E-state index in [1.165, 1.54) is 23.1 Å². The van der Waals surface area contributed by atoms with E-state index in [0.29, 0.717) is 30.1 Å². The van der Waals surface area contributed by atoms with Crippen LogP contribution in [0.3, 0.4) is 0 Å². The summed E-state index contributed by atoms with van der Waals surface area (Å²) in [6, 6.07) is 4.08. The van der Waals surface area contributed by atoms with Gasteiger partial charge in [0.15, 0.2) is 5.78 Å². The zero-order valence-electron chi connectivity index (χ0n) is 16.9. The van der Waals surface area contributed by atoms with Crippen molar-refractivity contribution >= 4 is 23.1 Å². The van der Waals surface area contributed by atoms with Crippen LogP contribution in [0.4, 0.5) is 11.4 Å². The summed E-state index contributed by atoms with van der Waals surface area (Å²) in [5.74, 6) is -0.268. The molecule has 1 unspecified atom stereocenters. The van der Waals surface area contributed by atoms with Crippen LogP contribution in [0, 0.1) is 17.0 Å². The lowest BCUT2D eigenvalue weighted by atomic mass is 9.65. The van der Waals surface area contributed by atoms with Gasteiger partial charge in [-0.2, -0.15) is 4.98 Å². The number of aromatic amines is 1. The summed E-state index contributed by atoms with van der Waals surface area (Å²) in [4.78, 5) is 59.6. The van der Waals surface area contributed by atoms with E-state index in [2.05, 4.69) is 9.97 Å². The smallest absolute Gasteiger partial charge is 0.269 e. The topological polar surface area (TPSA) is 136 Å². The highest BCUT2D eigenvalue weighted by molar-refractivity contribution is 6.20. The number of Topliss-reactive ketones (excluding diaryl/α,β-unsaturated/α-hetero) is 1. The van der Waals surface area contributed by atoms with Gasteiger partial charge in [0.2, 0.25) is 11.8 Å². The first-order chi connectivity index (χ1) is 14.8. The molecule has 1 N–H and O–H groups in total. The van der Waals surface area contributed by atoms with Crippen molar-refractivity contribution in [3.63, 3.8) is 0 Å². The maximum absolute atomic E-state index is 14.0. The number of ether oxygens (including phenoxy) is 1. The third-order valence-corrected chi connectivity index (χ3v) is 6.11. The quantitative estimate of drug-likeness (QED) is 0.578. The van der Waals surface area contributed by atoms with Crippen molar-refractivity contribution in [3.05, 3.63) is 67.0 Å². The van der Waals surface area contributed by atoms with E-state index in [-0.39, 0.29) is 47.0 Å². The molecule has 1 aromatic heterocycles. The van der Waals surface area contributed by atoms with Gasteiger partial charge in [0.25, 0.3) is 11.2 Å². The van der Waals surface area contributed by atoms with Crippen molar-refractivity contribution in [2.24, 2.45) is 0 Å². The van der Waals surface area contributed by atoms with Gasteiger partial charge in [-0.25, -0.2) is 0 Å². The molecule has 31 heavy (non-hydrogen) atoms. The number of hydrogen-bond donors (Lipinski definition) is 1. The van der Waals surface area contributed by atoms with Crippen molar-refractivity contribution in [1.82, 2.24) is 9.97 Å². The van der Waals surface area contributed by atoms with Gasteiger partial charge in [-0.15, -0.1) is 0 Å². The van der Waals surface area contributed by atoms with Gasteiger partial charge in [0.1, 0.15) is 22.6 Å². The number of likely N-dealkylation sites (N-methyl/N-ethyl adjacent to an activating group) is 1. The number of non-ortho nitro benzene ring substituents is 1. The van der Waals surface area contributed by atoms with Crippen LogP contribution in [0.1, 0.15) is 43.1 Å². The second-order valence-corrected chi connectivity index (χ2v) is 7.77. The van der Waals surface area contributed by atoms with Crippen LogP contribution in [0.15, 0.2) is 34.3 Å². The number of carbonyl (C=O) groups excluding carboxylic acids is 2. The molecule has 10 heteroatoms. The Morgan fingerprint density at radius 3 is 2.77 bits per heavy atom. The number of benzene rings is 1. The second-order valence-electron chi connectivity index (χ2n) is 7.77. The fraction of sp³-hybridized carbons (Fsp3) is 0.333. The number of hydrogen-bond acceptors (Lipinski definition) is 7. The van der Waals surface area contributed by atoms with E-state index < -0.39 is 21.8 Å². The molecule has 1 aliphatic carbocycles. The molecule has 0 radical (unpaired) electrons. The molecule has 0 fully saturated rings. The van der Waals surface area contributed by atoms with E-state index >= 15 is 0 Å². The molecule has 2 aromatic rings. The Morgan fingerprint density at radius 2 is 2.06 bits per heavy atom. The predicted molar refractivity (Wildman–Crippen MR) is 108 cm³/mol. The van der Waals surface area contributed by atoms with Crippen LogP contribution < -0.4 is 15.2 Å². The lowest BCUT2D eigenvalue weighted by Crippen LogP contribution is -2.51. The molecule has 1 spiro atoms. The minimum absolute atomic E-state index is 0.0431. The number of ketones is 1. The monoisotopic (exact) mass is 422 g/mol. The number of anilines is 1. The molecule has 158 valence electrons. The van der Waals surface area contributed by atoms with E-state index in [1.54, 1.807) is 13.8 Å². The van der Waals surface area contributed by atoms with Gasteiger partial charge in [-0.05, 0) is 26.3 Å². The Labute approximate surface area is 175 Å². The third kappa shape index (κ3) is 2.32. The Morgan fingerprint density at radius 1 is 1.29 bits per heavy atom. The highest BCUT2D eigenvalue weighted by Gasteiger charge is 2.62. The average Bonchev–Trinajstić information content (AvgIpc) is 2.95. The minimum Gasteiger partial charge on any atom is -0.442 e. The normalized spacial score (nSPS) is 21.7. The van der Waals surface area contributed by atoms with Gasteiger partial charge >= 0.3 is 0 Å². The van der Waals surface area contributed by atoms with Gasteiger partial charge in [-0.3, -0.25) is 24.5 Å². The first-order valence-electron chi connectivity index (χ1n) is 9.97. The van der Waals surface area contributed by atoms with Crippen LogP contribution in [0.5, 0.6) is 5.88 Å². The molecule has 0 saturated heterocycles. The number of nitrogens with zero attached hydrogens (tertiary/aromatic N) is 3. The Kier molecular flexibility index (Phi) is 3.92. The number of nitro groups is 1. The summed E-state index contributed by atoms with van der Waals surface area (Å²) in [5.41, 5.74) is -2.03. The number of aromatic nitrogens is 2. The Hall–Kier alpha value is -3.82. The van der Waals surface area contributed by atoms with Crippen LogP contribution in [0.2, 0.25) is 0 Å². The van der Waals surface area contributed by atoms with Crippen molar-refractivity contribution in [2.45, 2.75) is 38.5 Å². The molecule has 1 amide bonds. The third-order valence-electron chi connectivity index (χ3n) is 6.11. The van der Waals surface area contributed by atoms with Gasteiger partial charge in [0.05, 0.1) is 10.5 Å². The highest BCUT2D eigenvalue weighted by Crippen LogP contribution is 2.56. The number of allylic oxidation sites excluding steroid dienone is 1. The number of nitro benzene ring substituents is 1. The number of aryl methyl sites for hydroxylation is 1. The number of nitrogens with one attached hydrogen (secondary N) is 1. The molecular formula is C21H18N4O6. The molecule has 0 saturated carbocycles. The van der Waals surface area contributed by atoms with Crippen molar-refractivity contribution in [1.29, 1.82) is 0 Å². The fourth-order valence-electron chi connectivity index (χ4n) is 4.94. The van der Waals surface area contributed by atoms with Crippen LogP contribution in [0.25, 0.3) is 0 Å². The summed E-state index contributed by atoms with van der Waals surface area (Å²) in [7, 11) is 0. The van der Waals surface area contributed by atoms with E-state index in [0.717, 1.165) is 0 Å². The number of carbonyl (C=O) groups is 2. The molecule has 1 atom stereocenters. The predicted octanol–water partition coefficient (Wildman–Crippen LogP) is 2.04. The van der Waals surface area contributed by atoms with Crippen molar-refractivity contribution < 1.29 is 19.2 Å². The molecule has 2 aliphatic heterocycles. The standard InChI is InChI=1S/C21H18N4O6/c1-3-24-13-8-7-11(25(29)30)9-12(13)21(20(24)28)16-14(26)5-4-6-15(16)31-19-17(21)18(27)22-10(2)23-19/h7-9H,3-6H2,1-2H3,(H,22,23,27). The fourth-order valence-corrected chi connectivity index (χ4v) is 4.94.